The summed E-state index contributed by atoms with van der Waals surface area (Å²) >= 11 is 0. The number of carbonyl (C=O) groups is 1. The third kappa shape index (κ3) is 6.49. The first-order valence-corrected chi connectivity index (χ1v) is 3.49. The van der Waals surface area contributed by atoms with Crippen LogP contribution in [0.3, 0.4) is 0 Å². The van der Waals surface area contributed by atoms with Crippen molar-refractivity contribution in [1.82, 2.24) is 0 Å². The topological polar surface area (TPSA) is 37.3 Å². The fraction of sp³-hybridized carbons (Fsp3) is 0.625. The zero-order valence-electron chi connectivity index (χ0n) is 7.22. The molecule has 0 bridgehead atoms. The Morgan fingerprint density at radius 3 is 2.36 bits per heavy atom. The van der Waals surface area contributed by atoms with Gasteiger partial charge in [0.1, 0.15) is 0 Å². The van der Waals surface area contributed by atoms with E-state index < -0.39 is 5.97 Å². The molecule has 1 N–H and O–H groups in total. The first kappa shape index (κ1) is 13.7. The third-order valence-electron chi connectivity index (χ3n) is 1.52. The van der Waals surface area contributed by atoms with Crippen molar-refractivity contribution >= 4 is 5.97 Å². The van der Waals surface area contributed by atoms with E-state index in [1.54, 1.807) is 13.0 Å². The molecule has 11 heavy (non-hydrogen) atoms. The van der Waals surface area contributed by atoms with Gasteiger partial charge in [0, 0.05) is 31.8 Å². The molecule has 1 unspecified atom stereocenters. The molecule has 0 aromatic carbocycles. The summed E-state index contributed by atoms with van der Waals surface area (Å²) in [6.45, 7) is 5.66. The van der Waals surface area contributed by atoms with E-state index in [0.29, 0.717) is 11.5 Å². The van der Waals surface area contributed by atoms with Crippen LogP contribution in [0.4, 0.5) is 0 Å². The van der Waals surface area contributed by atoms with E-state index in [0.717, 1.165) is 6.42 Å². The van der Waals surface area contributed by atoms with Gasteiger partial charge in [-0.2, -0.15) is 0 Å². The van der Waals surface area contributed by atoms with Gasteiger partial charge in [-0.15, -0.1) is 0 Å². The van der Waals surface area contributed by atoms with E-state index in [9.17, 15) is 4.79 Å². The summed E-state index contributed by atoms with van der Waals surface area (Å²) in [6, 6.07) is 0. The quantitative estimate of drug-likeness (QED) is 0.758. The van der Waals surface area contributed by atoms with Gasteiger partial charge in [0.25, 0.3) is 0 Å². The molecule has 0 radical (unpaired) electrons. The molecule has 1 atom stereocenters. The van der Waals surface area contributed by atoms with Crippen LogP contribution in [0.5, 0.6) is 0 Å². The van der Waals surface area contributed by atoms with Crippen LogP contribution in [0, 0.1) is 5.92 Å². The number of carboxylic acid groups (broad SMARTS) is 1. The van der Waals surface area contributed by atoms with Gasteiger partial charge in [-0.1, -0.05) is 26.3 Å². The number of carboxylic acids is 1. The van der Waals surface area contributed by atoms with Gasteiger partial charge in [-0.05, 0) is 12.8 Å². The molecule has 2 nitrogen and oxygen atoms in total. The van der Waals surface area contributed by atoms with Crippen molar-refractivity contribution in [2.24, 2.45) is 5.92 Å². The molecule has 0 spiro atoms. The van der Waals surface area contributed by atoms with Gasteiger partial charge in [0.05, 0.1) is 0 Å². The van der Waals surface area contributed by atoms with E-state index in [1.165, 1.54) is 0 Å². The van der Waals surface area contributed by atoms with Crippen molar-refractivity contribution in [3.05, 3.63) is 11.6 Å². The van der Waals surface area contributed by atoms with Crippen molar-refractivity contribution in [3.63, 3.8) is 0 Å². The van der Waals surface area contributed by atoms with E-state index in [4.69, 9.17) is 5.11 Å². The minimum Gasteiger partial charge on any atom is -0.478 e. The minimum absolute atomic E-state index is 0. The van der Waals surface area contributed by atoms with Crippen molar-refractivity contribution in [2.75, 3.05) is 0 Å². The number of hydrogen-bond donors (Lipinski definition) is 1. The van der Waals surface area contributed by atoms with Crippen molar-refractivity contribution in [1.29, 1.82) is 0 Å². The third-order valence-corrected chi connectivity index (χ3v) is 1.52. The van der Waals surface area contributed by atoms with Crippen LogP contribution in [-0.4, -0.2) is 11.1 Å². The average Bonchev–Trinajstić information content (AvgIpc) is 1.87. The number of allylic oxidation sites excluding steroid dienone is 1. The van der Waals surface area contributed by atoms with Crippen LogP contribution in [0.15, 0.2) is 11.6 Å². The Labute approximate surface area is 86.8 Å². The molecule has 0 heterocycles. The average molecular weight is 233 g/mol. The minimum atomic E-state index is -0.819. The zero-order valence-corrected chi connectivity index (χ0v) is 9.68. The molecule has 0 saturated heterocycles. The summed E-state index contributed by atoms with van der Waals surface area (Å²) in [4.78, 5) is 10.3. The van der Waals surface area contributed by atoms with Crippen LogP contribution in [0.1, 0.15) is 27.2 Å². The van der Waals surface area contributed by atoms with Crippen LogP contribution in [-0.2, 0) is 31.0 Å². The van der Waals surface area contributed by atoms with E-state index in [-0.39, 0.29) is 26.2 Å². The second-order valence-corrected chi connectivity index (χ2v) is 2.54. The van der Waals surface area contributed by atoms with Crippen LogP contribution in [0.25, 0.3) is 0 Å². The maximum Gasteiger partial charge on any atom is 0.330 e. The number of aliphatic carboxylic acids is 1. The zero-order chi connectivity index (χ0) is 8.15. The first-order chi connectivity index (χ1) is 4.57. The Hall–Kier alpha value is 0.0931. The van der Waals surface area contributed by atoms with Crippen LogP contribution >= 0.6 is 0 Å². The Morgan fingerprint density at radius 1 is 1.64 bits per heavy atom. The van der Waals surface area contributed by atoms with Gasteiger partial charge < -0.3 is 5.11 Å². The summed E-state index contributed by atoms with van der Waals surface area (Å²) in [5, 5.41) is 8.46. The molecule has 0 aliphatic heterocycles. The van der Waals surface area contributed by atoms with E-state index in [1.807, 2.05) is 13.8 Å². The Morgan fingerprint density at radius 2 is 2.09 bits per heavy atom. The first-order valence-electron chi connectivity index (χ1n) is 3.49. The molecule has 0 aliphatic carbocycles. The van der Waals surface area contributed by atoms with Crippen LogP contribution in [0.2, 0.25) is 0 Å². The normalized spacial score (nSPS) is 13.5. The molecule has 0 amide bonds. The Balaban J connectivity index is 0. The maximum absolute atomic E-state index is 10.3. The standard InChI is InChI=1S/C8H14O2.Zr/c1-4-6(2)5-7(3)8(9)10;/h5-6H,4H2,1-3H3,(H,9,10);. The summed E-state index contributed by atoms with van der Waals surface area (Å²) < 4.78 is 0. The monoisotopic (exact) mass is 232 g/mol. The molecule has 0 aromatic rings. The fourth-order valence-electron chi connectivity index (χ4n) is 0.616. The molecular weight excluding hydrogens is 219 g/mol. The Bertz CT molecular complexity index is 152. The summed E-state index contributed by atoms with van der Waals surface area (Å²) in [5.74, 6) is -0.448. The Kier molecular flexibility index (Phi) is 8.43. The number of hydrogen-bond acceptors (Lipinski definition) is 1. The van der Waals surface area contributed by atoms with E-state index >= 15 is 0 Å². The summed E-state index contributed by atoms with van der Waals surface area (Å²) in [5.41, 5.74) is 0.439. The maximum atomic E-state index is 10.3. The molecule has 3 heteroatoms. The predicted molar refractivity (Wildman–Crippen MR) is 40.8 cm³/mol. The SMILES string of the molecule is CCC(C)C=C(C)C(=O)O.[Zr]. The second kappa shape index (κ2) is 6.78. The molecule has 62 valence electrons. The molecule has 0 aromatic heterocycles. The molecule has 0 aliphatic rings. The van der Waals surface area contributed by atoms with Gasteiger partial charge >= 0.3 is 5.97 Å². The van der Waals surface area contributed by atoms with Gasteiger partial charge in [0.15, 0.2) is 0 Å². The molecule has 0 rings (SSSR count). The summed E-state index contributed by atoms with van der Waals surface area (Å²) in [7, 11) is 0. The fourth-order valence-corrected chi connectivity index (χ4v) is 0.616. The van der Waals surface area contributed by atoms with Gasteiger partial charge in [0.2, 0.25) is 0 Å². The van der Waals surface area contributed by atoms with Gasteiger partial charge in [-0.3, -0.25) is 0 Å². The molecule has 0 fully saturated rings. The smallest absolute Gasteiger partial charge is 0.330 e. The largest absolute Gasteiger partial charge is 0.478 e. The number of rotatable bonds is 3. The predicted octanol–water partition coefficient (Wildman–Crippen LogP) is 2.06. The van der Waals surface area contributed by atoms with Crippen molar-refractivity contribution in [3.8, 4) is 0 Å². The van der Waals surface area contributed by atoms with E-state index in [2.05, 4.69) is 0 Å². The molecule has 0 saturated carbocycles. The molecular formula is C8H14O2Zr. The second-order valence-electron chi connectivity index (χ2n) is 2.54. The summed E-state index contributed by atoms with van der Waals surface area (Å²) in [6.07, 6.45) is 2.77. The van der Waals surface area contributed by atoms with Gasteiger partial charge in [-0.25, -0.2) is 4.79 Å². The van der Waals surface area contributed by atoms with Crippen molar-refractivity contribution in [2.45, 2.75) is 27.2 Å². The van der Waals surface area contributed by atoms with Crippen LogP contribution < -0.4 is 0 Å². The van der Waals surface area contributed by atoms with Crippen molar-refractivity contribution < 1.29 is 36.1 Å².